The monoisotopic (exact) mass is 484 g/mol. The Kier molecular flexibility index (Phi) is 8.82. The van der Waals surface area contributed by atoms with E-state index >= 15 is 0 Å². The second kappa shape index (κ2) is 11.6. The molecule has 3 heterocycles. The molecule has 11 nitrogen and oxygen atoms in total. The van der Waals surface area contributed by atoms with E-state index in [0.717, 1.165) is 11.4 Å². The number of aromatic nitrogens is 4. The average molecular weight is 485 g/mol. The van der Waals surface area contributed by atoms with Crippen LogP contribution >= 0.6 is 23.5 Å². The molecule has 1 aliphatic rings. The zero-order valence-corrected chi connectivity index (χ0v) is 20.2. The van der Waals surface area contributed by atoms with Gasteiger partial charge in [-0.05, 0) is 31.6 Å². The highest BCUT2D eigenvalue weighted by atomic mass is 32.2. The topological polar surface area (TPSA) is 120 Å². The van der Waals surface area contributed by atoms with Gasteiger partial charge in [-0.25, -0.2) is 14.6 Å². The number of fused-ring (bicyclic) bond motifs is 1. The zero-order chi connectivity index (χ0) is 23.1. The summed E-state index contributed by atoms with van der Waals surface area (Å²) >= 11 is 3.03. The summed E-state index contributed by atoms with van der Waals surface area (Å²) in [4.78, 5) is 35.1. The van der Waals surface area contributed by atoms with Crippen LogP contribution in [0, 0.1) is 6.92 Å². The highest BCUT2D eigenvalue weighted by Gasteiger charge is 2.28. The molecule has 2 amide bonds. The second-order valence-electron chi connectivity index (χ2n) is 7.10. The Bertz CT molecular complexity index is 942. The summed E-state index contributed by atoms with van der Waals surface area (Å²) in [6, 6.07) is 0.785. The molecule has 13 heteroatoms. The van der Waals surface area contributed by atoms with Crippen molar-refractivity contribution in [1.29, 1.82) is 0 Å². The SMILES string of the molecule is COC(=O)[C@H](CCSC)NC(=O)N1CCOC(COc2cc(C)nc3nc(SC)nn23)C1. The first-order valence-corrected chi connectivity index (χ1v) is 12.7. The molecular formula is C19H28N6O5S2. The molecule has 1 fully saturated rings. The van der Waals surface area contributed by atoms with Crippen LogP contribution < -0.4 is 10.1 Å². The first-order valence-electron chi connectivity index (χ1n) is 10.1. The number of hydrogen-bond donors (Lipinski definition) is 1. The molecule has 0 radical (unpaired) electrons. The van der Waals surface area contributed by atoms with E-state index in [4.69, 9.17) is 14.2 Å². The lowest BCUT2D eigenvalue weighted by Gasteiger charge is -2.33. The molecule has 0 spiro atoms. The maximum Gasteiger partial charge on any atom is 0.328 e. The number of urea groups is 1. The third-order valence-electron chi connectivity index (χ3n) is 4.81. The van der Waals surface area contributed by atoms with Crippen LogP contribution in [0.5, 0.6) is 5.88 Å². The molecule has 0 bridgehead atoms. The molecule has 32 heavy (non-hydrogen) atoms. The number of nitrogens with one attached hydrogen (secondary N) is 1. The summed E-state index contributed by atoms with van der Waals surface area (Å²) in [7, 11) is 1.32. The van der Waals surface area contributed by atoms with Gasteiger partial charge in [0.2, 0.25) is 11.0 Å². The lowest BCUT2D eigenvalue weighted by molar-refractivity contribution is -0.143. The van der Waals surface area contributed by atoms with Gasteiger partial charge in [-0.15, -0.1) is 5.10 Å². The molecule has 2 atom stereocenters. The number of nitrogens with zero attached hydrogens (tertiary/aromatic N) is 5. The Morgan fingerprint density at radius 1 is 1.38 bits per heavy atom. The number of methoxy groups -OCH3 is 1. The largest absolute Gasteiger partial charge is 0.475 e. The van der Waals surface area contributed by atoms with E-state index in [1.807, 2.05) is 19.4 Å². The van der Waals surface area contributed by atoms with E-state index in [0.29, 0.717) is 42.9 Å². The van der Waals surface area contributed by atoms with Crippen molar-refractivity contribution in [1.82, 2.24) is 29.8 Å². The molecule has 176 valence electrons. The van der Waals surface area contributed by atoms with E-state index in [1.54, 1.807) is 27.2 Å². The number of amides is 2. The number of ether oxygens (including phenoxy) is 3. The third kappa shape index (κ3) is 6.17. The van der Waals surface area contributed by atoms with Gasteiger partial charge < -0.3 is 24.4 Å². The van der Waals surface area contributed by atoms with Crippen LogP contribution in [0.1, 0.15) is 12.1 Å². The number of carbonyl (C=O) groups is 2. The maximum atomic E-state index is 12.7. The van der Waals surface area contributed by atoms with Crippen LogP contribution in [-0.4, -0.2) is 100 Å². The number of thioether (sulfide) groups is 2. The normalized spacial score (nSPS) is 17.2. The minimum atomic E-state index is -0.677. The van der Waals surface area contributed by atoms with Gasteiger partial charge in [-0.2, -0.15) is 21.3 Å². The van der Waals surface area contributed by atoms with Crippen LogP contribution in [0.2, 0.25) is 0 Å². The molecule has 2 aromatic rings. The lowest BCUT2D eigenvalue weighted by Crippen LogP contribution is -2.54. The third-order valence-corrected chi connectivity index (χ3v) is 5.99. The first-order chi connectivity index (χ1) is 15.4. The van der Waals surface area contributed by atoms with Crippen LogP contribution in [0.4, 0.5) is 4.79 Å². The first kappa shape index (κ1) is 24.4. The van der Waals surface area contributed by atoms with Crippen molar-refractivity contribution in [2.45, 2.75) is 30.6 Å². The number of esters is 1. The molecule has 1 unspecified atom stereocenters. The Labute approximate surface area is 194 Å². The highest BCUT2D eigenvalue weighted by molar-refractivity contribution is 7.98. The maximum absolute atomic E-state index is 12.7. The summed E-state index contributed by atoms with van der Waals surface area (Å²) in [6.45, 7) is 3.22. The van der Waals surface area contributed by atoms with Gasteiger partial charge in [-0.1, -0.05) is 11.8 Å². The van der Waals surface area contributed by atoms with Gasteiger partial charge in [0, 0.05) is 18.3 Å². The quantitative estimate of drug-likeness (QED) is 0.411. The summed E-state index contributed by atoms with van der Waals surface area (Å²) in [5, 5.41) is 7.76. The van der Waals surface area contributed by atoms with Crippen molar-refractivity contribution in [3.8, 4) is 5.88 Å². The molecule has 0 aromatic carbocycles. The minimum Gasteiger partial charge on any atom is -0.475 e. The number of rotatable bonds is 9. The molecule has 1 aliphatic heterocycles. The van der Waals surface area contributed by atoms with E-state index in [9.17, 15) is 9.59 Å². The number of morpholine rings is 1. The van der Waals surface area contributed by atoms with Crippen LogP contribution in [0.3, 0.4) is 0 Å². The predicted molar refractivity (Wildman–Crippen MR) is 121 cm³/mol. The van der Waals surface area contributed by atoms with Gasteiger partial charge in [0.1, 0.15) is 18.8 Å². The van der Waals surface area contributed by atoms with Gasteiger partial charge in [0.25, 0.3) is 5.78 Å². The van der Waals surface area contributed by atoms with Gasteiger partial charge in [-0.3, -0.25) is 0 Å². The second-order valence-corrected chi connectivity index (χ2v) is 8.86. The lowest BCUT2D eigenvalue weighted by atomic mass is 10.2. The van der Waals surface area contributed by atoms with Crippen molar-refractivity contribution < 1.29 is 23.8 Å². The molecule has 3 rings (SSSR count). The van der Waals surface area contributed by atoms with Crippen LogP contribution in [0.15, 0.2) is 11.2 Å². The standard InChI is InChI=1S/C19H28N6O5S2/c1-12-9-15(25-17(20-12)22-18(23-25)32-4)30-11-13-10-24(6-7-29-13)19(27)21-14(5-8-31-3)16(26)28-2/h9,13-14H,5-8,10-11H2,1-4H3,(H,21,27)/t13?,14-/m0/s1. The molecule has 0 aliphatic carbocycles. The molecule has 0 saturated carbocycles. The number of aryl methyl sites for hydroxylation is 1. The Balaban J connectivity index is 1.60. The smallest absolute Gasteiger partial charge is 0.328 e. The van der Waals surface area contributed by atoms with E-state index in [2.05, 4.69) is 20.4 Å². The number of hydrogen-bond acceptors (Lipinski definition) is 10. The average Bonchev–Trinajstić information content (AvgIpc) is 3.22. The van der Waals surface area contributed by atoms with Crippen LogP contribution in [0.25, 0.3) is 5.78 Å². The molecule has 1 N–H and O–H groups in total. The number of carbonyl (C=O) groups excluding carboxylic acids is 2. The Morgan fingerprint density at radius 2 is 2.19 bits per heavy atom. The van der Waals surface area contributed by atoms with E-state index < -0.39 is 12.0 Å². The summed E-state index contributed by atoms with van der Waals surface area (Å²) in [5.74, 6) is 1.26. The van der Waals surface area contributed by atoms with Crippen molar-refractivity contribution in [3.05, 3.63) is 11.8 Å². The fourth-order valence-corrected chi connectivity index (χ4v) is 3.98. The Morgan fingerprint density at radius 3 is 2.91 bits per heavy atom. The van der Waals surface area contributed by atoms with E-state index in [-0.39, 0.29) is 18.7 Å². The molecule has 1 saturated heterocycles. The molecular weight excluding hydrogens is 456 g/mol. The summed E-state index contributed by atoms with van der Waals surface area (Å²) < 4.78 is 18.1. The zero-order valence-electron chi connectivity index (χ0n) is 18.6. The minimum absolute atomic E-state index is 0.226. The predicted octanol–water partition coefficient (Wildman–Crippen LogP) is 1.24. The van der Waals surface area contributed by atoms with Crippen molar-refractivity contribution in [2.24, 2.45) is 0 Å². The van der Waals surface area contributed by atoms with Gasteiger partial charge in [0.15, 0.2) is 0 Å². The van der Waals surface area contributed by atoms with E-state index in [1.165, 1.54) is 18.9 Å². The fourth-order valence-electron chi connectivity index (χ4n) is 3.18. The van der Waals surface area contributed by atoms with Crippen molar-refractivity contribution in [2.75, 3.05) is 51.7 Å². The summed E-state index contributed by atoms with van der Waals surface area (Å²) in [5.41, 5.74) is 0.761. The van der Waals surface area contributed by atoms with Crippen molar-refractivity contribution >= 4 is 41.3 Å². The van der Waals surface area contributed by atoms with Crippen LogP contribution in [-0.2, 0) is 14.3 Å². The fraction of sp³-hybridized carbons (Fsp3) is 0.632. The van der Waals surface area contributed by atoms with Gasteiger partial charge >= 0.3 is 12.0 Å². The van der Waals surface area contributed by atoms with Gasteiger partial charge in [0.05, 0.1) is 20.3 Å². The highest BCUT2D eigenvalue weighted by Crippen LogP contribution is 2.18. The molecule has 2 aromatic heterocycles. The summed E-state index contributed by atoms with van der Waals surface area (Å²) in [6.07, 6.45) is 4.01. The Hall–Kier alpha value is -2.25. The van der Waals surface area contributed by atoms with Crippen molar-refractivity contribution in [3.63, 3.8) is 0 Å².